The first-order valence-electron chi connectivity index (χ1n) is 13.5. The summed E-state index contributed by atoms with van der Waals surface area (Å²) in [6, 6.07) is 0. The highest BCUT2D eigenvalue weighted by Crippen LogP contribution is 2.10. The topological polar surface area (TPSA) is 250 Å². The molecule has 0 aliphatic heterocycles. The number of esters is 1. The van der Waals surface area contributed by atoms with E-state index in [0.29, 0.717) is 13.1 Å². The number of hydrogen-bond acceptors (Lipinski definition) is 11. The summed E-state index contributed by atoms with van der Waals surface area (Å²) >= 11 is 0. The summed E-state index contributed by atoms with van der Waals surface area (Å²) in [5.41, 5.74) is 4.34. The molecule has 0 fully saturated rings. The van der Waals surface area contributed by atoms with Crippen LogP contribution in [-0.2, 0) is 23.8 Å². The fourth-order valence-electron chi connectivity index (χ4n) is 2.84. The van der Waals surface area contributed by atoms with Crippen LogP contribution in [0, 0.1) is 11.8 Å². The second kappa shape index (κ2) is 29.0. The third-order valence-electron chi connectivity index (χ3n) is 4.82. The first-order valence-corrected chi connectivity index (χ1v) is 13.5. The molecule has 0 aromatic carbocycles. The summed E-state index contributed by atoms with van der Waals surface area (Å²) in [6.07, 6.45) is 4.20. The molecule has 0 bridgehead atoms. The van der Waals surface area contributed by atoms with Crippen molar-refractivity contribution in [2.24, 2.45) is 29.3 Å². The van der Waals surface area contributed by atoms with Gasteiger partial charge in [0.1, 0.15) is 17.0 Å². The number of nitrogens with two attached hydrogens (primary N) is 3. The van der Waals surface area contributed by atoms with Gasteiger partial charge >= 0.3 is 18.2 Å². The normalized spacial score (nSPS) is 11.6. The molecule has 0 aliphatic rings. The Morgan fingerprint density at radius 3 is 1.37 bits per heavy atom. The number of ether oxygens (including phenoxy) is 3. The van der Waals surface area contributed by atoms with Crippen molar-refractivity contribution in [1.82, 2.24) is 10.6 Å². The van der Waals surface area contributed by atoms with Crippen molar-refractivity contribution in [3.8, 4) is 0 Å². The zero-order valence-corrected chi connectivity index (χ0v) is 27.1. The Morgan fingerprint density at radius 2 is 1.07 bits per heavy atom. The molecule has 2 atom stereocenters. The average molecular weight is 600 g/mol. The van der Waals surface area contributed by atoms with Crippen molar-refractivity contribution < 1.29 is 44.0 Å². The first kappa shape index (κ1) is 48.2. The predicted molar refractivity (Wildman–Crippen MR) is 161 cm³/mol. The van der Waals surface area contributed by atoms with Crippen LogP contribution in [0.3, 0.4) is 0 Å². The van der Waals surface area contributed by atoms with Gasteiger partial charge in [-0.1, -0.05) is 26.7 Å². The maximum atomic E-state index is 11.3. The van der Waals surface area contributed by atoms with E-state index in [9.17, 15) is 19.2 Å². The number of nitrogens with one attached hydrogen (secondary N) is 2. The Bertz CT molecular complexity index is 611. The summed E-state index contributed by atoms with van der Waals surface area (Å²) in [4.78, 5) is 45.0. The van der Waals surface area contributed by atoms with Crippen molar-refractivity contribution in [3.63, 3.8) is 0 Å². The largest absolute Gasteiger partial charge is 0.469 e. The maximum absolute atomic E-state index is 11.3. The zero-order valence-electron chi connectivity index (χ0n) is 27.1. The second-order valence-corrected chi connectivity index (χ2v) is 10.8. The molecule has 0 aromatic heterocycles. The lowest BCUT2D eigenvalue weighted by atomic mass is 9.99. The number of aliphatic hydroxyl groups excluding tert-OH is 1. The number of alkyl carbamates (subject to hydrolysis) is 2. The molecule has 248 valence electrons. The molecule has 0 heterocycles. The molecule has 0 radical (unpaired) electrons. The monoisotopic (exact) mass is 599 g/mol. The molecule has 0 aliphatic carbocycles. The van der Waals surface area contributed by atoms with Crippen LogP contribution in [0.25, 0.3) is 0 Å². The van der Waals surface area contributed by atoms with Crippen molar-refractivity contribution in [3.05, 3.63) is 0 Å². The van der Waals surface area contributed by atoms with Gasteiger partial charge in [-0.05, 0) is 67.2 Å². The Labute approximate surface area is 247 Å². The molecular formula is C27H61N5O9. The number of Topliss-reactive ketones (excluding diaryl/α,β-unsaturated/α-hetero) is 1. The molecule has 0 saturated heterocycles. The minimum atomic E-state index is -0.469. The standard InChI is InChI=1S/C13H26N2O3.C13H25NO4.CH4O.H4N2.H2O/c1-10(11(16)9-14)7-5-6-8-15-12(17)18-13(2,3)4;1-10(11(15)17-5)8-6-7-9-14-12(16)18-13(2,3)4;2*1-2;/h10H,5-9,14H2,1-4H3,(H,15,17);10H,6-9H2,1-5H3,(H,14,16);2H,1H3;1-2H2;1H2/t2*10-;;;/m00.../s1. The number of methoxy groups -OCH3 is 1. The SMILES string of the molecule is CO.COC(=O)[C@@H](C)CCCCNC(=O)OC(C)(C)C.C[C@@H](CCCCNC(=O)OC(C)(C)C)C(=O)CN.NN.O. The van der Waals surface area contributed by atoms with Gasteiger partial charge in [-0.3, -0.25) is 21.3 Å². The molecular weight excluding hydrogens is 538 g/mol. The number of hydrazine groups is 1. The Balaban J connectivity index is -0.000000184. The van der Waals surface area contributed by atoms with Crippen LogP contribution < -0.4 is 28.1 Å². The number of unbranched alkanes of at least 4 members (excludes halogenated alkanes) is 2. The number of rotatable bonds is 13. The van der Waals surface area contributed by atoms with Gasteiger partial charge in [0.15, 0.2) is 0 Å². The molecule has 0 unspecified atom stereocenters. The first-order chi connectivity index (χ1) is 18.5. The van der Waals surface area contributed by atoms with E-state index in [0.717, 1.165) is 45.6 Å². The van der Waals surface area contributed by atoms with Crippen molar-refractivity contribution in [2.75, 3.05) is 33.9 Å². The van der Waals surface area contributed by atoms with E-state index in [1.165, 1.54) is 7.11 Å². The smallest absolute Gasteiger partial charge is 0.407 e. The van der Waals surface area contributed by atoms with Crippen LogP contribution in [0.1, 0.15) is 93.9 Å². The van der Waals surface area contributed by atoms with E-state index in [2.05, 4.69) is 27.1 Å². The number of ketones is 1. The molecule has 0 spiro atoms. The summed E-state index contributed by atoms with van der Waals surface area (Å²) in [7, 11) is 2.39. The number of amides is 2. The van der Waals surface area contributed by atoms with Gasteiger partial charge in [0.25, 0.3) is 0 Å². The van der Waals surface area contributed by atoms with E-state index < -0.39 is 23.4 Å². The fraction of sp³-hybridized carbons (Fsp3) is 0.852. The summed E-state index contributed by atoms with van der Waals surface area (Å²) in [5.74, 6) is 7.83. The molecule has 0 aromatic rings. The highest BCUT2D eigenvalue weighted by Gasteiger charge is 2.17. The average Bonchev–Trinajstić information content (AvgIpc) is 2.87. The van der Waals surface area contributed by atoms with Gasteiger partial charge in [0.2, 0.25) is 0 Å². The lowest BCUT2D eigenvalue weighted by molar-refractivity contribution is -0.145. The van der Waals surface area contributed by atoms with Gasteiger partial charge in [-0.2, -0.15) is 0 Å². The van der Waals surface area contributed by atoms with Crippen LogP contribution in [0.5, 0.6) is 0 Å². The van der Waals surface area contributed by atoms with Crippen LogP contribution in [0.4, 0.5) is 9.59 Å². The van der Waals surface area contributed by atoms with Gasteiger partial charge < -0.3 is 41.2 Å². The Morgan fingerprint density at radius 1 is 0.732 bits per heavy atom. The number of aliphatic hydroxyl groups is 1. The van der Waals surface area contributed by atoms with E-state index >= 15 is 0 Å². The quantitative estimate of drug-likeness (QED) is 0.0586. The highest BCUT2D eigenvalue weighted by atomic mass is 16.6. The summed E-state index contributed by atoms with van der Waals surface area (Å²) in [5, 5.41) is 12.4. The van der Waals surface area contributed by atoms with Crippen LogP contribution in [0.15, 0.2) is 0 Å². The van der Waals surface area contributed by atoms with Gasteiger partial charge in [0, 0.05) is 26.1 Å². The lowest BCUT2D eigenvalue weighted by Crippen LogP contribution is -2.33. The van der Waals surface area contributed by atoms with E-state index in [1.54, 1.807) is 0 Å². The molecule has 2 amide bonds. The van der Waals surface area contributed by atoms with Crippen LogP contribution in [0.2, 0.25) is 0 Å². The molecule has 11 N–H and O–H groups in total. The fourth-order valence-corrected chi connectivity index (χ4v) is 2.84. The number of carbonyl (C=O) groups is 4. The number of carbonyl (C=O) groups excluding carboxylic acids is 4. The Kier molecular flexibility index (Phi) is 34.1. The molecule has 0 rings (SSSR count). The van der Waals surface area contributed by atoms with Gasteiger partial charge in [0.05, 0.1) is 19.6 Å². The Hall–Kier alpha value is -2.52. The van der Waals surface area contributed by atoms with Crippen molar-refractivity contribution in [1.29, 1.82) is 0 Å². The van der Waals surface area contributed by atoms with E-state index in [-0.39, 0.29) is 35.6 Å². The third-order valence-corrected chi connectivity index (χ3v) is 4.82. The molecule has 14 heteroatoms. The lowest BCUT2D eigenvalue weighted by Gasteiger charge is -2.19. The summed E-state index contributed by atoms with van der Waals surface area (Å²) in [6.45, 7) is 15.9. The van der Waals surface area contributed by atoms with Crippen molar-refractivity contribution >= 4 is 23.9 Å². The van der Waals surface area contributed by atoms with Gasteiger partial charge in [-0.25, -0.2) is 9.59 Å². The molecule has 14 nitrogen and oxygen atoms in total. The second-order valence-electron chi connectivity index (χ2n) is 10.8. The van der Waals surface area contributed by atoms with Gasteiger partial charge in [-0.15, -0.1) is 0 Å². The molecule has 41 heavy (non-hydrogen) atoms. The maximum Gasteiger partial charge on any atom is 0.407 e. The summed E-state index contributed by atoms with van der Waals surface area (Å²) < 4.78 is 14.8. The minimum Gasteiger partial charge on any atom is -0.469 e. The van der Waals surface area contributed by atoms with Crippen LogP contribution >= 0.6 is 0 Å². The zero-order chi connectivity index (χ0) is 32.4. The highest BCUT2D eigenvalue weighted by molar-refractivity contribution is 5.82. The van der Waals surface area contributed by atoms with Crippen LogP contribution in [-0.4, -0.2) is 79.6 Å². The molecule has 0 saturated carbocycles. The van der Waals surface area contributed by atoms with Crippen molar-refractivity contribution in [2.45, 2.75) is 105 Å². The van der Waals surface area contributed by atoms with E-state index in [1.807, 2.05) is 55.4 Å². The minimum absolute atomic E-state index is 0. The third kappa shape index (κ3) is 37.5. The number of hydrogen-bond donors (Lipinski definition) is 6. The van der Waals surface area contributed by atoms with E-state index in [4.69, 9.17) is 20.3 Å². The predicted octanol–water partition coefficient (Wildman–Crippen LogP) is 1.94.